The van der Waals surface area contributed by atoms with Gasteiger partial charge in [-0.2, -0.15) is 0 Å². The topological polar surface area (TPSA) is 12.4 Å². The SMILES string of the molecule is CCC1CC=C(F)C=N1. The van der Waals surface area contributed by atoms with Crippen LogP contribution in [-0.2, 0) is 0 Å². The van der Waals surface area contributed by atoms with Crippen LogP contribution in [0.5, 0.6) is 0 Å². The van der Waals surface area contributed by atoms with E-state index in [0.29, 0.717) is 6.04 Å². The Bertz CT molecular complexity index is 149. The van der Waals surface area contributed by atoms with E-state index in [2.05, 4.69) is 11.9 Å². The summed E-state index contributed by atoms with van der Waals surface area (Å²) >= 11 is 0. The van der Waals surface area contributed by atoms with E-state index in [4.69, 9.17) is 0 Å². The van der Waals surface area contributed by atoms with E-state index in [0.717, 1.165) is 12.8 Å². The van der Waals surface area contributed by atoms with Gasteiger partial charge in [0.05, 0.1) is 12.3 Å². The van der Waals surface area contributed by atoms with Crippen molar-refractivity contribution in [1.82, 2.24) is 0 Å². The molecule has 1 aliphatic rings. The Kier molecular flexibility index (Phi) is 1.98. The second-order valence-electron chi connectivity index (χ2n) is 2.16. The third-order valence-corrected chi connectivity index (χ3v) is 1.46. The Morgan fingerprint density at radius 1 is 1.89 bits per heavy atom. The van der Waals surface area contributed by atoms with Gasteiger partial charge in [0.25, 0.3) is 0 Å². The number of rotatable bonds is 1. The van der Waals surface area contributed by atoms with Crippen molar-refractivity contribution in [2.45, 2.75) is 25.8 Å². The minimum atomic E-state index is -0.195. The van der Waals surface area contributed by atoms with Crippen LogP contribution in [0.3, 0.4) is 0 Å². The van der Waals surface area contributed by atoms with Gasteiger partial charge in [-0.25, -0.2) is 4.39 Å². The van der Waals surface area contributed by atoms with Gasteiger partial charge in [-0.3, -0.25) is 4.99 Å². The smallest absolute Gasteiger partial charge is 0.137 e. The van der Waals surface area contributed by atoms with Gasteiger partial charge in [0.2, 0.25) is 0 Å². The highest BCUT2D eigenvalue weighted by Gasteiger charge is 2.05. The highest BCUT2D eigenvalue weighted by Crippen LogP contribution is 2.11. The largest absolute Gasteiger partial charge is 0.287 e. The molecule has 0 aromatic rings. The van der Waals surface area contributed by atoms with E-state index in [1.807, 2.05) is 0 Å². The summed E-state index contributed by atoms with van der Waals surface area (Å²) in [5.41, 5.74) is 0. The third-order valence-electron chi connectivity index (χ3n) is 1.46. The second-order valence-corrected chi connectivity index (χ2v) is 2.16. The van der Waals surface area contributed by atoms with Gasteiger partial charge in [0.15, 0.2) is 0 Å². The molecule has 0 aliphatic carbocycles. The van der Waals surface area contributed by atoms with E-state index < -0.39 is 0 Å². The summed E-state index contributed by atoms with van der Waals surface area (Å²) in [5, 5.41) is 0. The molecule has 0 saturated carbocycles. The molecule has 1 rings (SSSR count). The molecule has 2 heteroatoms. The highest BCUT2D eigenvalue weighted by atomic mass is 19.1. The number of allylic oxidation sites excluding steroid dienone is 1. The molecule has 50 valence electrons. The molecule has 0 saturated heterocycles. The summed E-state index contributed by atoms with van der Waals surface area (Å²) in [7, 11) is 0. The van der Waals surface area contributed by atoms with Crippen molar-refractivity contribution in [3.63, 3.8) is 0 Å². The third kappa shape index (κ3) is 1.63. The molecule has 1 heterocycles. The van der Waals surface area contributed by atoms with Crippen LogP contribution in [0.15, 0.2) is 16.9 Å². The molecule has 0 aromatic heterocycles. The number of nitrogens with zero attached hydrogens (tertiary/aromatic N) is 1. The quantitative estimate of drug-likeness (QED) is 0.511. The molecule has 0 N–H and O–H groups in total. The van der Waals surface area contributed by atoms with Crippen LogP contribution in [0.1, 0.15) is 19.8 Å². The Hall–Kier alpha value is -0.660. The lowest BCUT2D eigenvalue weighted by Crippen LogP contribution is -2.05. The van der Waals surface area contributed by atoms with Gasteiger partial charge < -0.3 is 0 Å². The lowest BCUT2D eigenvalue weighted by Gasteiger charge is -2.08. The molecule has 0 radical (unpaired) electrons. The minimum absolute atomic E-state index is 0.195. The fraction of sp³-hybridized carbons (Fsp3) is 0.571. The minimum Gasteiger partial charge on any atom is -0.287 e. The van der Waals surface area contributed by atoms with Crippen molar-refractivity contribution < 1.29 is 4.39 Å². The lowest BCUT2D eigenvalue weighted by molar-refractivity contribution is 0.613. The number of hydrogen-bond donors (Lipinski definition) is 0. The summed E-state index contributed by atoms with van der Waals surface area (Å²) in [4.78, 5) is 3.96. The number of aliphatic imine (C=N–C) groups is 1. The predicted molar refractivity (Wildman–Crippen MR) is 36.4 cm³/mol. The summed E-state index contributed by atoms with van der Waals surface area (Å²) in [6.07, 6.45) is 4.65. The molecule has 1 unspecified atom stereocenters. The normalized spacial score (nSPS) is 26.0. The van der Waals surface area contributed by atoms with Gasteiger partial charge in [0.1, 0.15) is 5.83 Å². The highest BCUT2D eigenvalue weighted by molar-refractivity contribution is 5.76. The Morgan fingerprint density at radius 2 is 2.67 bits per heavy atom. The number of dihydropyridines is 1. The number of halogens is 1. The van der Waals surface area contributed by atoms with E-state index in [-0.39, 0.29) is 5.83 Å². The monoisotopic (exact) mass is 127 g/mol. The zero-order valence-corrected chi connectivity index (χ0v) is 5.47. The first kappa shape index (κ1) is 6.46. The van der Waals surface area contributed by atoms with Crippen LogP contribution < -0.4 is 0 Å². The molecular formula is C7H10FN. The molecule has 1 nitrogen and oxygen atoms in total. The molecule has 0 bridgehead atoms. The molecule has 0 spiro atoms. The molecule has 1 aliphatic heterocycles. The van der Waals surface area contributed by atoms with Gasteiger partial charge in [-0.1, -0.05) is 6.92 Å². The van der Waals surface area contributed by atoms with E-state index in [1.165, 1.54) is 6.21 Å². The predicted octanol–water partition coefficient (Wildman–Crippen LogP) is 2.09. The van der Waals surface area contributed by atoms with Crippen LogP contribution in [0.2, 0.25) is 0 Å². The van der Waals surface area contributed by atoms with Crippen LogP contribution >= 0.6 is 0 Å². The summed E-state index contributed by atoms with van der Waals surface area (Å²) in [6.45, 7) is 2.05. The van der Waals surface area contributed by atoms with Gasteiger partial charge in [0, 0.05) is 0 Å². The maximum absolute atomic E-state index is 12.2. The Morgan fingerprint density at radius 3 is 3.11 bits per heavy atom. The summed E-state index contributed by atoms with van der Waals surface area (Å²) < 4.78 is 12.2. The number of hydrogen-bond acceptors (Lipinski definition) is 1. The summed E-state index contributed by atoms with van der Waals surface area (Å²) in [6, 6.07) is 0.324. The molecule has 0 aromatic carbocycles. The fourth-order valence-corrected chi connectivity index (χ4v) is 0.811. The van der Waals surface area contributed by atoms with Gasteiger partial charge >= 0.3 is 0 Å². The van der Waals surface area contributed by atoms with Crippen molar-refractivity contribution in [3.05, 3.63) is 11.9 Å². The maximum Gasteiger partial charge on any atom is 0.137 e. The van der Waals surface area contributed by atoms with E-state index in [9.17, 15) is 4.39 Å². The average molecular weight is 127 g/mol. The van der Waals surface area contributed by atoms with Crippen molar-refractivity contribution in [2.75, 3.05) is 0 Å². The second kappa shape index (κ2) is 2.76. The Balaban J connectivity index is 2.48. The molecule has 0 amide bonds. The van der Waals surface area contributed by atoms with Crippen molar-refractivity contribution in [1.29, 1.82) is 0 Å². The van der Waals surface area contributed by atoms with Crippen molar-refractivity contribution >= 4 is 6.21 Å². The first-order valence-electron chi connectivity index (χ1n) is 3.21. The van der Waals surface area contributed by atoms with Gasteiger partial charge in [-0.05, 0) is 18.9 Å². The zero-order chi connectivity index (χ0) is 6.69. The van der Waals surface area contributed by atoms with Crippen molar-refractivity contribution in [2.24, 2.45) is 4.99 Å². The lowest BCUT2D eigenvalue weighted by atomic mass is 10.1. The fourth-order valence-electron chi connectivity index (χ4n) is 0.811. The first-order chi connectivity index (χ1) is 4.33. The van der Waals surface area contributed by atoms with Crippen LogP contribution in [0.25, 0.3) is 0 Å². The summed E-state index contributed by atoms with van der Waals surface area (Å²) in [5.74, 6) is -0.195. The average Bonchev–Trinajstić information content (AvgIpc) is 1.90. The Labute approximate surface area is 54.3 Å². The molecule has 0 fully saturated rings. The van der Waals surface area contributed by atoms with Crippen LogP contribution in [0, 0.1) is 0 Å². The van der Waals surface area contributed by atoms with Crippen LogP contribution in [-0.4, -0.2) is 12.3 Å². The van der Waals surface area contributed by atoms with Gasteiger partial charge in [-0.15, -0.1) is 0 Å². The van der Waals surface area contributed by atoms with E-state index >= 15 is 0 Å². The zero-order valence-electron chi connectivity index (χ0n) is 5.47. The maximum atomic E-state index is 12.2. The standard InChI is InChI=1S/C7H10FN/c1-2-7-4-3-6(8)5-9-7/h3,5,7H,2,4H2,1H3. The molecule has 1 atom stereocenters. The van der Waals surface area contributed by atoms with E-state index in [1.54, 1.807) is 6.08 Å². The molecule has 9 heavy (non-hydrogen) atoms. The molecular weight excluding hydrogens is 117 g/mol. The van der Waals surface area contributed by atoms with Crippen molar-refractivity contribution in [3.8, 4) is 0 Å². The first-order valence-corrected chi connectivity index (χ1v) is 3.21. The van der Waals surface area contributed by atoms with Crippen LogP contribution in [0.4, 0.5) is 4.39 Å².